The number of esters is 1. The van der Waals surface area contributed by atoms with Crippen LogP contribution in [-0.2, 0) is 9.53 Å². The average molecular weight is 395 g/mol. The number of non-ortho nitro benzene ring substituents is 1. The molecule has 1 aromatic carbocycles. The van der Waals surface area contributed by atoms with Gasteiger partial charge in [0.1, 0.15) is 0 Å². The van der Waals surface area contributed by atoms with Gasteiger partial charge in [-0.1, -0.05) is 18.7 Å². The number of benzene rings is 1. The molecule has 8 nitrogen and oxygen atoms in total. The molecule has 0 saturated carbocycles. The van der Waals surface area contributed by atoms with Crippen molar-refractivity contribution in [2.45, 2.75) is 29.5 Å². The Hall–Kier alpha value is -2.46. The van der Waals surface area contributed by atoms with E-state index in [-0.39, 0.29) is 11.3 Å². The maximum Gasteiger partial charge on any atom is 0.340 e. The van der Waals surface area contributed by atoms with Crippen molar-refractivity contribution in [3.8, 4) is 0 Å². The molecule has 0 fully saturated rings. The lowest BCUT2D eigenvalue weighted by atomic mass is 10.2. The minimum Gasteiger partial charge on any atom is -0.452 e. The molecule has 10 heteroatoms. The van der Waals surface area contributed by atoms with E-state index in [1.54, 1.807) is 0 Å². The Morgan fingerprint density at radius 1 is 1.42 bits per heavy atom. The molecule has 0 aliphatic carbocycles. The highest BCUT2D eigenvalue weighted by Crippen LogP contribution is 2.34. The summed E-state index contributed by atoms with van der Waals surface area (Å²) in [5, 5.41) is 15.5. The van der Waals surface area contributed by atoms with Crippen LogP contribution >= 0.6 is 23.1 Å². The Kier molecular flexibility index (Phi) is 7.10. The van der Waals surface area contributed by atoms with Gasteiger partial charge in [0.2, 0.25) is 0 Å². The van der Waals surface area contributed by atoms with E-state index in [1.807, 2.05) is 19.2 Å². The fraction of sp³-hybridized carbons (Fsp3) is 0.312. The molecular weight excluding hydrogens is 378 g/mol. The third-order valence-electron chi connectivity index (χ3n) is 3.10. The van der Waals surface area contributed by atoms with Gasteiger partial charge in [-0.2, -0.15) is 0 Å². The predicted octanol–water partition coefficient (Wildman–Crippen LogP) is 3.19. The number of rotatable bonds is 8. The lowest BCUT2D eigenvalue weighted by Crippen LogP contribution is -2.29. The molecule has 0 spiro atoms. The van der Waals surface area contributed by atoms with Crippen LogP contribution in [0.2, 0.25) is 0 Å². The summed E-state index contributed by atoms with van der Waals surface area (Å²) in [7, 11) is 0. The molecule has 0 aliphatic heterocycles. The van der Waals surface area contributed by atoms with Gasteiger partial charge in [0.25, 0.3) is 11.6 Å². The molecule has 1 N–H and O–H groups in total. The first-order valence-corrected chi connectivity index (χ1v) is 9.42. The van der Waals surface area contributed by atoms with Crippen LogP contribution in [0.5, 0.6) is 0 Å². The van der Waals surface area contributed by atoms with Crippen molar-refractivity contribution in [2.75, 3.05) is 13.2 Å². The number of hydrogen-bond acceptors (Lipinski definition) is 8. The number of carbonyl (C=O) groups excluding carboxylic acids is 2. The topological polar surface area (TPSA) is 111 Å². The third kappa shape index (κ3) is 5.53. The Balaban J connectivity index is 2.19. The zero-order chi connectivity index (χ0) is 19.1. The second-order valence-corrected chi connectivity index (χ2v) is 7.37. The van der Waals surface area contributed by atoms with Crippen LogP contribution in [0.4, 0.5) is 5.69 Å². The first kappa shape index (κ1) is 19.9. The fourth-order valence-electron chi connectivity index (χ4n) is 1.88. The number of thiazole rings is 1. The third-order valence-corrected chi connectivity index (χ3v) is 5.23. The van der Waals surface area contributed by atoms with Gasteiger partial charge < -0.3 is 10.1 Å². The maximum atomic E-state index is 12.4. The van der Waals surface area contributed by atoms with Crippen molar-refractivity contribution >= 4 is 40.7 Å². The van der Waals surface area contributed by atoms with Crippen LogP contribution in [0.3, 0.4) is 0 Å². The molecule has 0 saturated heterocycles. The summed E-state index contributed by atoms with van der Waals surface area (Å²) in [6.45, 7) is 3.79. The number of amides is 1. The van der Waals surface area contributed by atoms with Crippen LogP contribution in [0.25, 0.3) is 0 Å². The molecule has 26 heavy (non-hydrogen) atoms. The summed E-state index contributed by atoms with van der Waals surface area (Å²) >= 11 is 2.62. The Morgan fingerprint density at radius 3 is 2.81 bits per heavy atom. The van der Waals surface area contributed by atoms with Crippen LogP contribution in [0.1, 0.15) is 29.4 Å². The normalized spacial score (nSPS) is 10.4. The van der Waals surface area contributed by atoms with Gasteiger partial charge in [0.15, 0.2) is 10.9 Å². The van der Waals surface area contributed by atoms with Gasteiger partial charge >= 0.3 is 5.97 Å². The molecule has 1 aromatic heterocycles. The van der Waals surface area contributed by atoms with E-state index in [1.165, 1.54) is 35.2 Å². The van der Waals surface area contributed by atoms with Crippen molar-refractivity contribution < 1.29 is 19.2 Å². The van der Waals surface area contributed by atoms with E-state index in [2.05, 4.69) is 10.3 Å². The standard InChI is InChI=1S/C16H17N3O5S2/c1-3-6-17-14(20)8-24-15(21)12-7-11(19(22)23)4-5-13(12)26-16-18-10(2)9-25-16/h4-5,7,9H,3,6,8H2,1-2H3,(H,17,20). The molecule has 0 atom stereocenters. The molecule has 0 bridgehead atoms. The SMILES string of the molecule is CCCNC(=O)COC(=O)c1cc([N+](=O)[O-])ccc1Sc1nc(C)cs1. The molecule has 0 unspecified atom stereocenters. The Morgan fingerprint density at radius 2 is 2.19 bits per heavy atom. The van der Waals surface area contributed by atoms with Crippen molar-refractivity contribution in [1.29, 1.82) is 0 Å². The summed E-state index contributed by atoms with van der Waals surface area (Å²) in [6, 6.07) is 3.94. The minimum atomic E-state index is -0.795. The average Bonchev–Trinajstić information content (AvgIpc) is 3.02. The Bertz CT molecular complexity index is 822. The molecule has 0 radical (unpaired) electrons. The number of aromatic nitrogens is 1. The summed E-state index contributed by atoms with van der Waals surface area (Å²) in [5.74, 6) is -1.22. The van der Waals surface area contributed by atoms with Crippen molar-refractivity contribution in [2.24, 2.45) is 0 Å². The monoisotopic (exact) mass is 395 g/mol. The van der Waals surface area contributed by atoms with Crippen molar-refractivity contribution in [3.05, 3.63) is 45.0 Å². The number of ether oxygens (including phenoxy) is 1. The summed E-state index contributed by atoms with van der Waals surface area (Å²) < 4.78 is 5.70. The number of nitro groups is 1. The van der Waals surface area contributed by atoms with E-state index in [0.29, 0.717) is 15.8 Å². The lowest BCUT2D eigenvalue weighted by molar-refractivity contribution is -0.384. The largest absolute Gasteiger partial charge is 0.452 e. The lowest BCUT2D eigenvalue weighted by Gasteiger charge is -2.09. The zero-order valence-electron chi connectivity index (χ0n) is 14.2. The predicted molar refractivity (Wildman–Crippen MR) is 97.7 cm³/mol. The highest BCUT2D eigenvalue weighted by atomic mass is 32.2. The maximum absolute atomic E-state index is 12.4. The van der Waals surface area contributed by atoms with Crippen molar-refractivity contribution in [3.63, 3.8) is 0 Å². The van der Waals surface area contributed by atoms with E-state index in [9.17, 15) is 19.7 Å². The smallest absolute Gasteiger partial charge is 0.340 e. The summed E-state index contributed by atoms with van der Waals surface area (Å²) in [6.07, 6.45) is 0.762. The van der Waals surface area contributed by atoms with Gasteiger partial charge in [-0.15, -0.1) is 11.3 Å². The Labute approximate surface area is 158 Å². The van der Waals surface area contributed by atoms with E-state index >= 15 is 0 Å². The number of nitrogens with zero attached hydrogens (tertiary/aromatic N) is 2. The number of nitro benzene ring substituents is 1. The molecule has 1 heterocycles. The minimum absolute atomic E-state index is 0.0281. The van der Waals surface area contributed by atoms with Gasteiger partial charge in [-0.05, 0) is 19.4 Å². The van der Waals surface area contributed by atoms with Crippen molar-refractivity contribution in [1.82, 2.24) is 10.3 Å². The number of carbonyl (C=O) groups is 2. The van der Waals surface area contributed by atoms with Gasteiger partial charge in [-0.25, -0.2) is 9.78 Å². The highest BCUT2D eigenvalue weighted by Gasteiger charge is 2.20. The van der Waals surface area contributed by atoms with Crippen LogP contribution in [-0.4, -0.2) is 34.9 Å². The summed E-state index contributed by atoms with van der Waals surface area (Å²) in [5.41, 5.74) is 0.642. The summed E-state index contributed by atoms with van der Waals surface area (Å²) in [4.78, 5) is 39.1. The van der Waals surface area contributed by atoms with E-state index in [0.717, 1.165) is 18.2 Å². The second-order valence-electron chi connectivity index (χ2n) is 5.22. The fourth-order valence-corrected chi connectivity index (χ4v) is 3.77. The number of aryl methyl sites for hydroxylation is 1. The first-order chi connectivity index (χ1) is 12.4. The van der Waals surface area contributed by atoms with E-state index in [4.69, 9.17) is 4.74 Å². The zero-order valence-corrected chi connectivity index (χ0v) is 15.8. The number of hydrogen-bond donors (Lipinski definition) is 1. The second kappa shape index (κ2) is 9.30. The van der Waals surface area contributed by atoms with Crippen LogP contribution in [0, 0.1) is 17.0 Å². The first-order valence-electron chi connectivity index (χ1n) is 7.73. The van der Waals surface area contributed by atoms with Crippen LogP contribution < -0.4 is 5.32 Å². The van der Waals surface area contributed by atoms with Gasteiger partial charge in [-0.3, -0.25) is 14.9 Å². The highest BCUT2D eigenvalue weighted by molar-refractivity contribution is 8.01. The molecule has 2 rings (SSSR count). The van der Waals surface area contributed by atoms with Gasteiger partial charge in [0.05, 0.1) is 10.5 Å². The quantitative estimate of drug-likeness (QED) is 0.415. The molecule has 138 valence electrons. The van der Waals surface area contributed by atoms with Crippen LogP contribution in [0.15, 0.2) is 32.8 Å². The van der Waals surface area contributed by atoms with E-state index < -0.39 is 23.4 Å². The molecule has 2 aromatic rings. The molecule has 0 aliphatic rings. The number of nitrogens with one attached hydrogen (secondary N) is 1. The molecular formula is C16H17N3O5S2. The molecule has 1 amide bonds. The van der Waals surface area contributed by atoms with Gasteiger partial charge in [0, 0.05) is 34.6 Å².